The molecule has 2 aromatic carbocycles. The van der Waals surface area contributed by atoms with E-state index in [1.807, 2.05) is 18.2 Å². The number of aromatic nitrogens is 3. The van der Waals surface area contributed by atoms with E-state index in [0.717, 1.165) is 11.4 Å². The number of carbonyl (C=O) groups is 1. The zero-order chi connectivity index (χ0) is 21.8. The maximum absolute atomic E-state index is 12.3. The molecular formula is C23H22N4O3S. The van der Waals surface area contributed by atoms with Crippen molar-refractivity contribution in [1.82, 2.24) is 14.6 Å². The van der Waals surface area contributed by atoms with Gasteiger partial charge in [0.25, 0.3) is 11.5 Å². The van der Waals surface area contributed by atoms with Crippen LogP contribution >= 0.6 is 11.3 Å². The second-order valence-electron chi connectivity index (χ2n) is 7.51. The van der Waals surface area contributed by atoms with Gasteiger partial charge in [-0.15, -0.1) is 0 Å². The van der Waals surface area contributed by atoms with Crippen LogP contribution in [-0.2, 0) is 13.0 Å². The monoisotopic (exact) mass is 434 g/mol. The smallest absolute Gasteiger partial charge is 0.275 e. The molecule has 2 heterocycles. The molecular weight excluding hydrogens is 412 g/mol. The van der Waals surface area contributed by atoms with E-state index in [9.17, 15) is 9.59 Å². The first-order valence-electron chi connectivity index (χ1n) is 9.96. The summed E-state index contributed by atoms with van der Waals surface area (Å²) in [6.45, 7) is 4.39. The Kier molecular flexibility index (Phi) is 6.08. The van der Waals surface area contributed by atoms with Gasteiger partial charge in [-0.05, 0) is 42.3 Å². The highest BCUT2D eigenvalue weighted by Crippen LogP contribution is 2.19. The lowest BCUT2D eigenvalue weighted by molar-refractivity contribution is 0.102. The van der Waals surface area contributed by atoms with Gasteiger partial charge >= 0.3 is 0 Å². The SMILES string of the molecule is CC(C)Cc1nn2c(=O)cc(COc3ccc(NC(=O)c4ccccc4)cc3)nc2s1. The Morgan fingerprint density at radius 1 is 1.13 bits per heavy atom. The summed E-state index contributed by atoms with van der Waals surface area (Å²) in [5.41, 5.74) is 1.59. The molecule has 0 unspecified atom stereocenters. The predicted octanol–water partition coefficient (Wildman–Crippen LogP) is 4.18. The largest absolute Gasteiger partial charge is 0.487 e. The molecule has 31 heavy (non-hydrogen) atoms. The maximum atomic E-state index is 12.3. The van der Waals surface area contributed by atoms with Gasteiger partial charge in [-0.3, -0.25) is 9.59 Å². The topological polar surface area (TPSA) is 85.6 Å². The third-order valence-corrected chi connectivity index (χ3v) is 5.39. The van der Waals surface area contributed by atoms with Gasteiger partial charge in [0.1, 0.15) is 17.4 Å². The van der Waals surface area contributed by atoms with E-state index in [1.165, 1.54) is 21.9 Å². The van der Waals surface area contributed by atoms with Crippen molar-refractivity contribution in [2.75, 3.05) is 5.32 Å². The molecule has 4 rings (SSSR count). The molecule has 1 N–H and O–H groups in total. The van der Waals surface area contributed by atoms with Crippen LogP contribution in [0.1, 0.15) is 34.9 Å². The average molecular weight is 435 g/mol. The van der Waals surface area contributed by atoms with Gasteiger partial charge in [-0.1, -0.05) is 43.4 Å². The molecule has 0 bridgehead atoms. The van der Waals surface area contributed by atoms with E-state index in [4.69, 9.17) is 4.74 Å². The molecule has 0 aliphatic carbocycles. The van der Waals surface area contributed by atoms with E-state index in [-0.39, 0.29) is 18.1 Å². The zero-order valence-electron chi connectivity index (χ0n) is 17.2. The first kappa shape index (κ1) is 20.7. The number of nitrogens with one attached hydrogen (secondary N) is 1. The zero-order valence-corrected chi connectivity index (χ0v) is 18.1. The van der Waals surface area contributed by atoms with Gasteiger partial charge in [0.15, 0.2) is 0 Å². The molecule has 0 saturated heterocycles. The van der Waals surface area contributed by atoms with Crippen molar-refractivity contribution >= 4 is 27.9 Å². The highest BCUT2D eigenvalue weighted by atomic mass is 32.1. The number of carbonyl (C=O) groups excluding carboxylic acids is 1. The van der Waals surface area contributed by atoms with Crippen LogP contribution in [0.4, 0.5) is 5.69 Å². The van der Waals surface area contributed by atoms with Crippen molar-refractivity contribution in [2.45, 2.75) is 26.9 Å². The van der Waals surface area contributed by atoms with Gasteiger partial charge in [0, 0.05) is 23.7 Å². The van der Waals surface area contributed by atoms with Gasteiger partial charge < -0.3 is 10.1 Å². The second kappa shape index (κ2) is 9.09. The summed E-state index contributed by atoms with van der Waals surface area (Å²) < 4.78 is 7.12. The Bertz CT molecular complexity index is 1250. The molecule has 8 heteroatoms. The molecule has 0 saturated carbocycles. The summed E-state index contributed by atoms with van der Waals surface area (Å²) in [7, 11) is 0. The van der Waals surface area contributed by atoms with Crippen molar-refractivity contribution in [1.29, 1.82) is 0 Å². The number of benzene rings is 2. The van der Waals surface area contributed by atoms with Crippen LogP contribution in [0.5, 0.6) is 5.75 Å². The fourth-order valence-corrected chi connectivity index (χ4v) is 4.12. The van der Waals surface area contributed by atoms with Gasteiger partial charge in [0.2, 0.25) is 4.96 Å². The summed E-state index contributed by atoms with van der Waals surface area (Å²) in [6.07, 6.45) is 0.812. The minimum Gasteiger partial charge on any atom is -0.487 e. The van der Waals surface area contributed by atoms with Gasteiger partial charge in [-0.2, -0.15) is 9.61 Å². The molecule has 4 aromatic rings. The summed E-state index contributed by atoms with van der Waals surface area (Å²) in [5, 5.41) is 8.09. The van der Waals surface area contributed by atoms with E-state index in [2.05, 4.69) is 29.2 Å². The first-order valence-corrected chi connectivity index (χ1v) is 10.8. The van der Waals surface area contributed by atoms with Crippen LogP contribution < -0.4 is 15.6 Å². The number of hydrogen-bond donors (Lipinski definition) is 1. The normalized spacial score (nSPS) is 11.1. The van der Waals surface area contributed by atoms with E-state index < -0.39 is 0 Å². The quantitative estimate of drug-likeness (QED) is 0.472. The Hall–Kier alpha value is -3.52. The highest BCUT2D eigenvalue weighted by Gasteiger charge is 2.11. The molecule has 0 atom stereocenters. The molecule has 1 amide bonds. The lowest BCUT2D eigenvalue weighted by Gasteiger charge is -2.08. The molecule has 0 radical (unpaired) electrons. The van der Waals surface area contributed by atoms with Gasteiger partial charge in [-0.25, -0.2) is 4.98 Å². The first-order chi connectivity index (χ1) is 15.0. The van der Waals surface area contributed by atoms with Crippen molar-refractivity contribution in [3.8, 4) is 5.75 Å². The number of rotatable bonds is 7. The fraction of sp³-hybridized carbons (Fsp3) is 0.217. The van der Waals surface area contributed by atoms with Crippen molar-refractivity contribution < 1.29 is 9.53 Å². The average Bonchev–Trinajstić information content (AvgIpc) is 3.16. The molecule has 2 aromatic heterocycles. The van der Waals surface area contributed by atoms with Crippen molar-refractivity contribution in [2.24, 2.45) is 5.92 Å². The third-order valence-electron chi connectivity index (χ3n) is 4.46. The summed E-state index contributed by atoms with van der Waals surface area (Å²) >= 11 is 1.43. The Balaban J connectivity index is 1.40. The summed E-state index contributed by atoms with van der Waals surface area (Å²) in [4.78, 5) is 29.6. The molecule has 0 aliphatic heterocycles. The van der Waals surface area contributed by atoms with Crippen LogP contribution in [0.2, 0.25) is 0 Å². The number of anilines is 1. The maximum Gasteiger partial charge on any atom is 0.275 e. The number of hydrogen-bond acceptors (Lipinski definition) is 6. The Morgan fingerprint density at radius 3 is 2.58 bits per heavy atom. The molecule has 0 spiro atoms. The van der Waals surface area contributed by atoms with E-state index in [1.54, 1.807) is 36.4 Å². The van der Waals surface area contributed by atoms with Crippen LogP contribution in [0.3, 0.4) is 0 Å². The van der Waals surface area contributed by atoms with Gasteiger partial charge in [0.05, 0.1) is 5.69 Å². The standard InChI is InChI=1S/C23H22N4O3S/c1-15(2)12-20-26-27-21(28)13-18(25-23(27)31-20)14-30-19-10-8-17(9-11-19)24-22(29)16-6-4-3-5-7-16/h3-11,13,15H,12,14H2,1-2H3,(H,24,29). The molecule has 0 fully saturated rings. The van der Waals surface area contributed by atoms with Crippen LogP contribution in [0, 0.1) is 5.92 Å². The number of amides is 1. The fourth-order valence-electron chi connectivity index (χ4n) is 2.99. The lowest BCUT2D eigenvalue weighted by Crippen LogP contribution is -2.16. The Labute approximate surface area is 183 Å². The second-order valence-corrected chi connectivity index (χ2v) is 8.55. The number of ether oxygens (including phenoxy) is 1. The van der Waals surface area contributed by atoms with Crippen molar-refractivity contribution in [3.05, 3.63) is 87.3 Å². The highest BCUT2D eigenvalue weighted by molar-refractivity contribution is 7.16. The van der Waals surface area contributed by atoms with E-state index in [0.29, 0.717) is 33.6 Å². The molecule has 7 nitrogen and oxygen atoms in total. The minimum absolute atomic E-state index is 0.166. The summed E-state index contributed by atoms with van der Waals surface area (Å²) in [6, 6.07) is 17.5. The summed E-state index contributed by atoms with van der Waals surface area (Å²) in [5.74, 6) is 0.901. The van der Waals surface area contributed by atoms with Crippen LogP contribution in [0.25, 0.3) is 4.96 Å². The lowest BCUT2D eigenvalue weighted by atomic mass is 10.1. The third kappa shape index (κ3) is 5.16. The molecule has 158 valence electrons. The van der Waals surface area contributed by atoms with Crippen LogP contribution in [-0.4, -0.2) is 20.5 Å². The Morgan fingerprint density at radius 2 is 1.87 bits per heavy atom. The number of fused-ring (bicyclic) bond motifs is 1. The predicted molar refractivity (Wildman–Crippen MR) is 121 cm³/mol. The molecule has 0 aliphatic rings. The van der Waals surface area contributed by atoms with Crippen LogP contribution in [0.15, 0.2) is 65.5 Å². The minimum atomic E-state index is -0.214. The van der Waals surface area contributed by atoms with Crippen molar-refractivity contribution in [3.63, 3.8) is 0 Å². The number of nitrogens with zero attached hydrogens (tertiary/aromatic N) is 3. The van der Waals surface area contributed by atoms with E-state index >= 15 is 0 Å².